The Morgan fingerprint density at radius 3 is 2.67 bits per heavy atom. The number of thiophene rings is 2. The predicted octanol–water partition coefficient (Wildman–Crippen LogP) is 5.18. The third kappa shape index (κ3) is 2.05. The van der Waals surface area contributed by atoms with Crippen LogP contribution >= 0.6 is 22.7 Å². The van der Waals surface area contributed by atoms with E-state index in [9.17, 15) is 0 Å². The molecule has 2 N–H and O–H groups in total. The molecule has 0 saturated heterocycles. The second-order valence-electron chi connectivity index (χ2n) is 4.90. The molecule has 0 unspecified atom stereocenters. The van der Waals surface area contributed by atoms with Crippen LogP contribution in [0.3, 0.4) is 0 Å². The zero-order valence-electron chi connectivity index (χ0n) is 11.3. The van der Waals surface area contributed by atoms with Crippen LogP contribution in [0.4, 0.5) is 5.82 Å². The van der Waals surface area contributed by atoms with Crippen LogP contribution in [0, 0.1) is 6.92 Å². The van der Waals surface area contributed by atoms with Gasteiger partial charge < -0.3 is 10.3 Å². The van der Waals surface area contributed by atoms with E-state index in [1.54, 1.807) is 22.7 Å². The summed E-state index contributed by atoms with van der Waals surface area (Å²) in [5.74, 6) is 1.19. The molecule has 0 atom stereocenters. The summed E-state index contributed by atoms with van der Waals surface area (Å²) in [6.45, 7) is 2.06. The Morgan fingerprint density at radius 1 is 1.10 bits per heavy atom. The van der Waals surface area contributed by atoms with Gasteiger partial charge in [-0.2, -0.15) is 0 Å². The van der Waals surface area contributed by atoms with Crippen molar-refractivity contribution in [2.24, 2.45) is 0 Å². The SMILES string of the molecule is Cc1ccc(-c2c(N)noc2-c2cc3sccc3s2)cc1. The maximum atomic E-state index is 6.02. The number of hydrogen-bond donors (Lipinski definition) is 1. The third-order valence-corrected chi connectivity index (χ3v) is 5.51. The maximum Gasteiger partial charge on any atom is 0.186 e. The van der Waals surface area contributed by atoms with Crippen LogP contribution < -0.4 is 5.73 Å². The summed E-state index contributed by atoms with van der Waals surface area (Å²) < 4.78 is 8.03. The van der Waals surface area contributed by atoms with Crippen LogP contribution in [-0.2, 0) is 0 Å². The highest BCUT2D eigenvalue weighted by Gasteiger charge is 2.19. The van der Waals surface area contributed by atoms with E-state index in [2.05, 4.69) is 53.9 Å². The average Bonchev–Trinajstić information content (AvgIpc) is 3.13. The van der Waals surface area contributed by atoms with E-state index in [1.165, 1.54) is 15.0 Å². The third-order valence-electron chi connectivity index (χ3n) is 3.42. The molecule has 0 bridgehead atoms. The molecule has 4 rings (SSSR count). The van der Waals surface area contributed by atoms with Gasteiger partial charge in [-0.1, -0.05) is 35.0 Å². The fraction of sp³-hybridized carbons (Fsp3) is 0.0625. The Labute approximate surface area is 129 Å². The number of rotatable bonds is 2. The van der Waals surface area contributed by atoms with E-state index < -0.39 is 0 Å². The molecule has 0 saturated carbocycles. The fourth-order valence-corrected chi connectivity index (χ4v) is 4.44. The molecule has 0 amide bonds. The summed E-state index contributed by atoms with van der Waals surface area (Å²) in [5.41, 5.74) is 9.15. The van der Waals surface area contributed by atoms with Crippen LogP contribution in [0.5, 0.6) is 0 Å². The van der Waals surface area contributed by atoms with Gasteiger partial charge in [0.25, 0.3) is 0 Å². The van der Waals surface area contributed by atoms with Gasteiger partial charge in [-0.25, -0.2) is 0 Å². The standard InChI is InChI=1S/C16H12N2OS2/c1-9-2-4-10(5-3-9)14-15(19-18-16(14)17)13-8-12-11(21-13)6-7-20-12/h2-8H,1H3,(H2,17,18). The number of aromatic nitrogens is 1. The van der Waals surface area contributed by atoms with E-state index in [0.717, 1.165) is 21.8 Å². The molecular weight excluding hydrogens is 300 g/mol. The molecule has 0 spiro atoms. The Kier molecular flexibility index (Phi) is 2.83. The van der Waals surface area contributed by atoms with Crippen molar-refractivity contribution in [3.05, 3.63) is 47.3 Å². The molecule has 104 valence electrons. The molecular formula is C16H12N2OS2. The van der Waals surface area contributed by atoms with Crippen LogP contribution in [0.2, 0.25) is 0 Å². The van der Waals surface area contributed by atoms with Crippen molar-refractivity contribution < 1.29 is 4.52 Å². The lowest BCUT2D eigenvalue weighted by molar-refractivity contribution is 0.437. The quantitative estimate of drug-likeness (QED) is 0.555. The Morgan fingerprint density at radius 2 is 1.90 bits per heavy atom. The van der Waals surface area contributed by atoms with Gasteiger partial charge in [-0.3, -0.25) is 0 Å². The van der Waals surface area contributed by atoms with Gasteiger partial charge in [0.05, 0.1) is 10.4 Å². The lowest BCUT2D eigenvalue weighted by atomic mass is 10.0. The van der Waals surface area contributed by atoms with Gasteiger partial charge in [-0.05, 0) is 30.0 Å². The van der Waals surface area contributed by atoms with Gasteiger partial charge in [0.15, 0.2) is 11.6 Å². The lowest BCUT2D eigenvalue weighted by Crippen LogP contribution is -1.88. The van der Waals surface area contributed by atoms with Crippen molar-refractivity contribution in [3.8, 4) is 21.8 Å². The first-order chi connectivity index (χ1) is 10.2. The highest BCUT2D eigenvalue weighted by atomic mass is 32.1. The van der Waals surface area contributed by atoms with Crippen LogP contribution in [-0.4, -0.2) is 5.16 Å². The molecule has 4 aromatic rings. The average molecular weight is 312 g/mol. The van der Waals surface area contributed by atoms with E-state index in [4.69, 9.17) is 10.3 Å². The predicted molar refractivity (Wildman–Crippen MR) is 89.8 cm³/mol. The Bertz CT molecular complexity index is 887. The van der Waals surface area contributed by atoms with Crippen molar-refractivity contribution in [2.75, 3.05) is 5.73 Å². The van der Waals surface area contributed by atoms with E-state index >= 15 is 0 Å². The van der Waals surface area contributed by atoms with Crippen LogP contribution in [0.25, 0.3) is 31.2 Å². The first-order valence-corrected chi connectivity index (χ1v) is 8.21. The topological polar surface area (TPSA) is 52.0 Å². The molecule has 1 aromatic carbocycles. The van der Waals surface area contributed by atoms with Crippen LogP contribution in [0.15, 0.2) is 46.3 Å². The van der Waals surface area contributed by atoms with Gasteiger partial charge in [0.1, 0.15) is 0 Å². The number of benzene rings is 1. The molecule has 5 heteroatoms. The highest BCUT2D eigenvalue weighted by molar-refractivity contribution is 7.28. The van der Waals surface area contributed by atoms with Gasteiger partial charge in [-0.15, -0.1) is 22.7 Å². The largest absolute Gasteiger partial charge is 0.380 e. The summed E-state index contributed by atoms with van der Waals surface area (Å²) in [6, 6.07) is 12.5. The van der Waals surface area contributed by atoms with E-state index in [-0.39, 0.29) is 0 Å². The second-order valence-corrected chi connectivity index (χ2v) is 6.93. The van der Waals surface area contributed by atoms with Crippen LogP contribution in [0.1, 0.15) is 5.56 Å². The zero-order chi connectivity index (χ0) is 14.4. The monoisotopic (exact) mass is 312 g/mol. The molecule has 0 aliphatic rings. The molecule has 0 aliphatic carbocycles. The van der Waals surface area contributed by atoms with Gasteiger partial charge in [0.2, 0.25) is 0 Å². The normalized spacial score (nSPS) is 11.3. The number of anilines is 1. The summed E-state index contributed by atoms with van der Waals surface area (Å²) >= 11 is 3.43. The molecule has 3 nitrogen and oxygen atoms in total. The molecule has 0 aliphatic heterocycles. The molecule has 3 aromatic heterocycles. The summed E-state index contributed by atoms with van der Waals surface area (Å²) in [5, 5.41) is 6.06. The molecule has 21 heavy (non-hydrogen) atoms. The number of hydrogen-bond acceptors (Lipinski definition) is 5. The Hall–Kier alpha value is -2.11. The number of aryl methyl sites for hydroxylation is 1. The Balaban J connectivity index is 1.90. The minimum atomic E-state index is 0.436. The zero-order valence-corrected chi connectivity index (χ0v) is 12.9. The minimum absolute atomic E-state index is 0.436. The summed E-state index contributed by atoms with van der Waals surface area (Å²) in [6.07, 6.45) is 0. The smallest absolute Gasteiger partial charge is 0.186 e. The number of nitrogen functional groups attached to an aromatic ring is 1. The first kappa shape index (κ1) is 12.6. The van der Waals surface area contributed by atoms with Crippen molar-refractivity contribution in [2.45, 2.75) is 6.92 Å². The second kappa shape index (κ2) is 4.72. The summed E-state index contributed by atoms with van der Waals surface area (Å²) in [4.78, 5) is 1.07. The van der Waals surface area contributed by atoms with Crippen molar-refractivity contribution in [3.63, 3.8) is 0 Å². The highest BCUT2D eigenvalue weighted by Crippen LogP contribution is 2.42. The van der Waals surface area contributed by atoms with Crippen molar-refractivity contribution in [1.82, 2.24) is 5.16 Å². The lowest BCUT2D eigenvalue weighted by Gasteiger charge is -2.01. The summed E-state index contributed by atoms with van der Waals surface area (Å²) in [7, 11) is 0. The first-order valence-electron chi connectivity index (χ1n) is 6.52. The van der Waals surface area contributed by atoms with Crippen molar-refractivity contribution >= 4 is 37.9 Å². The molecule has 3 heterocycles. The number of fused-ring (bicyclic) bond motifs is 1. The van der Waals surface area contributed by atoms with Gasteiger partial charge in [0, 0.05) is 9.40 Å². The van der Waals surface area contributed by atoms with E-state index in [1.807, 2.05) is 0 Å². The van der Waals surface area contributed by atoms with Crippen molar-refractivity contribution in [1.29, 1.82) is 0 Å². The minimum Gasteiger partial charge on any atom is -0.380 e. The number of nitrogens with zero attached hydrogens (tertiary/aromatic N) is 1. The molecule has 0 radical (unpaired) electrons. The van der Waals surface area contributed by atoms with E-state index in [0.29, 0.717) is 5.82 Å². The maximum absolute atomic E-state index is 6.02. The van der Waals surface area contributed by atoms with Gasteiger partial charge >= 0.3 is 0 Å². The number of nitrogens with two attached hydrogens (primary N) is 1. The molecule has 0 fully saturated rings. The fourth-order valence-electron chi connectivity index (χ4n) is 2.35.